The van der Waals surface area contributed by atoms with Gasteiger partial charge >= 0.3 is 11.9 Å². The molecule has 2 aliphatic carbocycles. The van der Waals surface area contributed by atoms with Crippen LogP contribution in [0.5, 0.6) is 0 Å². The lowest BCUT2D eigenvalue weighted by atomic mass is 9.84. The summed E-state index contributed by atoms with van der Waals surface area (Å²) in [4.78, 5) is 52.3. The van der Waals surface area contributed by atoms with Gasteiger partial charge in [0.1, 0.15) is 0 Å². The molecule has 8 heteroatoms. The zero-order valence-electron chi connectivity index (χ0n) is 24.4. The molecule has 8 nitrogen and oxygen atoms in total. The molecule has 44 heavy (non-hydrogen) atoms. The zero-order chi connectivity index (χ0) is 30.5. The van der Waals surface area contributed by atoms with Gasteiger partial charge < -0.3 is 20.8 Å². The van der Waals surface area contributed by atoms with Gasteiger partial charge in [0.25, 0.3) is 11.8 Å². The van der Waals surface area contributed by atoms with E-state index < -0.39 is 11.9 Å². The van der Waals surface area contributed by atoms with Crippen LogP contribution in [0.3, 0.4) is 0 Å². The number of carboxylic acid groups (broad SMARTS) is 2. The number of benzene rings is 5. The fourth-order valence-corrected chi connectivity index (χ4v) is 7.64. The average molecular weight is 591 g/mol. The highest BCUT2D eigenvalue weighted by Crippen LogP contribution is 2.44. The van der Waals surface area contributed by atoms with Crippen molar-refractivity contribution in [1.29, 1.82) is 0 Å². The monoisotopic (exact) mass is 590 g/mol. The van der Waals surface area contributed by atoms with E-state index in [0.717, 1.165) is 80.4 Å². The highest BCUT2D eigenvalue weighted by Gasteiger charge is 2.27. The molecule has 0 saturated heterocycles. The first kappa shape index (κ1) is 28.1. The molecule has 0 unspecified atom stereocenters. The predicted molar refractivity (Wildman–Crippen MR) is 170 cm³/mol. The van der Waals surface area contributed by atoms with Crippen LogP contribution >= 0.6 is 0 Å². The maximum absolute atomic E-state index is 13.9. The van der Waals surface area contributed by atoms with Crippen molar-refractivity contribution < 1.29 is 29.4 Å². The van der Waals surface area contributed by atoms with Crippen molar-refractivity contribution in [3.8, 4) is 0 Å². The molecular weight excluding hydrogens is 556 g/mol. The van der Waals surface area contributed by atoms with Gasteiger partial charge in [-0.3, -0.25) is 9.59 Å². The van der Waals surface area contributed by atoms with Crippen molar-refractivity contribution in [3.05, 3.63) is 70.8 Å². The third kappa shape index (κ3) is 4.60. The van der Waals surface area contributed by atoms with Gasteiger partial charge in [0.2, 0.25) is 0 Å². The first-order valence-electron chi connectivity index (χ1n) is 15.6. The summed E-state index contributed by atoms with van der Waals surface area (Å²) in [7, 11) is 0. The predicted octanol–water partition coefficient (Wildman–Crippen LogP) is 7.26. The molecule has 4 N–H and O–H groups in total. The van der Waals surface area contributed by atoms with Gasteiger partial charge in [0, 0.05) is 34.0 Å². The van der Waals surface area contributed by atoms with Gasteiger partial charge in [-0.1, -0.05) is 62.8 Å². The summed E-state index contributed by atoms with van der Waals surface area (Å²) in [6, 6.07) is 13.6. The van der Waals surface area contributed by atoms with E-state index in [9.17, 15) is 29.4 Å². The second-order valence-electron chi connectivity index (χ2n) is 12.4. The van der Waals surface area contributed by atoms with Gasteiger partial charge in [-0.2, -0.15) is 0 Å². The highest BCUT2D eigenvalue weighted by atomic mass is 16.4. The number of rotatable bonds is 6. The van der Waals surface area contributed by atoms with E-state index in [1.54, 1.807) is 24.3 Å². The van der Waals surface area contributed by atoms with Crippen molar-refractivity contribution in [2.24, 2.45) is 0 Å². The van der Waals surface area contributed by atoms with Gasteiger partial charge in [-0.05, 0) is 82.3 Å². The third-order valence-corrected chi connectivity index (χ3v) is 9.73. The van der Waals surface area contributed by atoms with Crippen LogP contribution < -0.4 is 10.6 Å². The second kappa shape index (κ2) is 11.1. The molecule has 2 amide bonds. The van der Waals surface area contributed by atoms with E-state index in [1.165, 1.54) is 12.1 Å². The van der Waals surface area contributed by atoms with E-state index in [1.807, 2.05) is 12.1 Å². The Bertz CT molecular complexity index is 1850. The van der Waals surface area contributed by atoms with Gasteiger partial charge in [-0.15, -0.1) is 0 Å². The third-order valence-electron chi connectivity index (χ3n) is 9.73. The Morgan fingerprint density at radius 1 is 0.455 bits per heavy atom. The minimum absolute atomic E-state index is 0.0833. The fraction of sp³-hybridized carbons (Fsp3) is 0.333. The number of fused-ring (bicyclic) bond motifs is 2. The van der Waals surface area contributed by atoms with Gasteiger partial charge in [0.15, 0.2) is 0 Å². The number of nitrogens with one attached hydrogen (secondary N) is 2. The van der Waals surface area contributed by atoms with Gasteiger partial charge in [-0.25, -0.2) is 9.59 Å². The van der Waals surface area contributed by atoms with Crippen molar-refractivity contribution >= 4 is 66.8 Å². The Labute approximate surface area is 253 Å². The van der Waals surface area contributed by atoms with Crippen molar-refractivity contribution in [2.45, 2.75) is 76.3 Å². The number of amides is 2. The summed E-state index contributed by atoms with van der Waals surface area (Å²) < 4.78 is 0. The number of carbonyl (C=O) groups is 4. The van der Waals surface area contributed by atoms with E-state index in [0.29, 0.717) is 32.7 Å². The summed E-state index contributed by atoms with van der Waals surface area (Å²) in [5.41, 5.74) is 0.673. The van der Waals surface area contributed by atoms with E-state index in [2.05, 4.69) is 10.6 Å². The quantitative estimate of drug-likeness (QED) is 0.122. The van der Waals surface area contributed by atoms with Crippen LogP contribution in [0.25, 0.3) is 43.1 Å². The summed E-state index contributed by atoms with van der Waals surface area (Å²) in [5.74, 6) is -2.86. The SMILES string of the molecule is O=C(O)c1ccc2c3ccc(C(=O)NC4CCCCC4)c4c(C(=O)NC5CCCCC5)ccc(c5ccc(C(=O)O)c1c25)c43. The molecule has 0 atom stereocenters. The Morgan fingerprint density at radius 2 is 0.773 bits per heavy atom. The molecule has 2 aliphatic rings. The van der Waals surface area contributed by atoms with E-state index in [-0.39, 0.29) is 40.4 Å². The average Bonchev–Trinajstić information content (AvgIpc) is 3.03. The largest absolute Gasteiger partial charge is 0.478 e. The smallest absolute Gasteiger partial charge is 0.336 e. The number of hydrogen-bond acceptors (Lipinski definition) is 4. The lowest BCUT2D eigenvalue weighted by Crippen LogP contribution is -2.37. The topological polar surface area (TPSA) is 133 Å². The first-order valence-corrected chi connectivity index (χ1v) is 15.6. The molecule has 0 radical (unpaired) electrons. The number of hydrogen-bond donors (Lipinski definition) is 4. The Hall–Kier alpha value is -4.72. The molecular formula is C36H34N2O6. The van der Waals surface area contributed by atoms with Crippen LogP contribution in [0.2, 0.25) is 0 Å². The molecule has 0 bridgehead atoms. The lowest BCUT2D eigenvalue weighted by Gasteiger charge is -2.25. The summed E-state index contributed by atoms with van der Waals surface area (Å²) in [6.45, 7) is 0. The molecule has 2 saturated carbocycles. The van der Waals surface area contributed by atoms with Crippen LogP contribution in [0.4, 0.5) is 0 Å². The summed E-state index contributed by atoms with van der Waals surface area (Å²) in [5, 5.41) is 31.2. The minimum Gasteiger partial charge on any atom is -0.478 e. The van der Waals surface area contributed by atoms with Crippen LogP contribution in [-0.4, -0.2) is 46.0 Å². The molecule has 2 fully saturated rings. The molecule has 0 aromatic heterocycles. The molecule has 7 rings (SSSR count). The zero-order valence-corrected chi connectivity index (χ0v) is 24.4. The molecule has 0 heterocycles. The van der Waals surface area contributed by atoms with Gasteiger partial charge in [0.05, 0.1) is 11.1 Å². The normalized spacial score (nSPS) is 16.5. The Kier molecular flexibility index (Phi) is 7.07. The van der Waals surface area contributed by atoms with Crippen LogP contribution in [0.1, 0.15) is 106 Å². The maximum Gasteiger partial charge on any atom is 0.336 e. The van der Waals surface area contributed by atoms with Crippen molar-refractivity contribution in [1.82, 2.24) is 10.6 Å². The van der Waals surface area contributed by atoms with Crippen LogP contribution in [-0.2, 0) is 0 Å². The molecule has 5 aromatic rings. The number of carboxylic acids is 2. The number of aromatic carboxylic acids is 2. The van der Waals surface area contributed by atoms with Crippen LogP contribution in [0, 0.1) is 0 Å². The lowest BCUT2D eigenvalue weighted by molar-refractivity contribution is 0.0695. The van der Waals surface area contributed by atoms with Crippen molar-refractivity contribution in [2.75, 3.05) is 0 Å². The van der Waals surface area contributed by atoms with E-state index in [4.69, 9.17) is 0 Å². The Morgan fingerprint density at radius 3 is 1.11 bits per heavy atom. The molecule has 224 valence electrons. The highest BCUT2D eigenvalue weighted by molar-refractivity contribution is 6.38. The molecule has 5 aromatic carbocycles. The first-order chi connectivity index (χ1) is 21.3. The van der Waals surface area contributed by atoms with Crippen molar-refractivity contribution in [3.63, 3.8) is 0 Å². The number of carbonyl (C=O) groups excluding carboxylic acids is 2. The minimum atomic E-state index is -1.21. The standard InChI is InChI=1S/C36H34N2O6/c39-33(37-19-7-3-1-4-8-19)25-15-11-21-23-13-17-27(35(41)42)32-28(36(43)44)18-14-24(30(23)32)22-12-16-26(31(25)29(21)22)34(40)38-20-9-5-2-6-10-20/h11-20H,1-10H2,(H,37,39)(H,38,40)(H,41,42)(H,43,44). The van der Waals surface area contributed by atoms with Crippen LogP contribution in [0.15, 0.2) is 48.5 Å². The molecule has 0 spiro atoms. The second-order valence-corrected chi connectivity index (χ2v) is 12.4. The molecule has 0 aliphatic heterocycles. The fourth-order valence-electron chi connectivity index (χ4n) is 7.64. The van der Waals surface area contributed by atoms with E-state index >= 15 is 0 Å². The Balaban J connectivity index is 1.51. The summed E-state index contributed by atoms with van der Waals surface area (Å²) >= 11 is 0. The maximum atomic E-state index is 13.9. The summed E-state index contributed by atoms with van der Waals surface area (Å²) in [6.07, 6.45) is 10.3.